The van der Waals surface area contributed by atoms with E-state index in [9.17, 15) is 20.1 Å². The minimum Gasteiger partial charge on any atom is -0.388 e. The van der Waals surface area contributed by atoms with Crippen molar-refractivity contribution in [3.05, 3.63) is 12.2 Å². The smallest absolute Gasteiger partial charge is 0.240 e. The first-order chi connectivity index (χ1) is 16.8. The van der Waals surface area contributed by atoms with Gasteiger partial charge in [-0.2, -0.15) is 0 Å². The number of carbonyl (C=O) groups excluding carboxylic acids is 1. The van der Waals surface area contributed by atoms with Gasteiger partial charge < -0.3 is 41.2 Å². The molecular weight excluding hydrogens is 470 g/mol. The normalized spacial score (nSPS) is 45.4. The van der Waals surface area contributed by atoms with Gasteiger partial charge in [0.2, 0.25) is 5.91 Å². The van der Waals surface area contributed by atoms with E-state index < -0.39 is 41.9 Å². The van der Waals surface area contributed by atoms with Crippen LogP contribution in [-0.4, -0.2) is 94.2 Å². The van der Waals surface area contributed by atoms with Gasteiger partial charge >= 0.3 is 0 Å². The number of aliphatic hydroxyl groups is 3. The fraction of sp³-hybridized carbons (Fsp3) is 0.880. The van der Waals surface area contributed by atoms with E-state index in [4.69, 9.17) is 15.2 Å². The molecule has 4 aliphatic heterocycles. The number of hydrogen-bond acceptors (Lipinski definition) is 9. The van der Waals surface area contributed by atoms with Crippen LogP contribution < -0.4 is 16.4 Å². The Morgan fingerprint density at radius 3 is 2.69 bits per heavy atom. The van der Waals surface area contributed by atoms with Gasteiger partial charge in [0.25, 0.3) is 0 Å². The quantitative estimate of drug-likeness (QED) is 0.282. The molecule has 0 aromatic heterocycles. The molecular formula is C25H43N3O6S. The number of ether oxygens (including phenoxy) is 2. The molecule has 3 fully saturated rings. The van der Waals surface area contributed by atoms with Gasteiger partial charge in [0.1, 0.15) is 35.9 Å². The van der Waals surface area contributed by atoms with Crippen LogP contribution in [-0.2, 0) is 14.3 Å². The summed E-state index contributed by atoms with van der Waals surface area (Å²) >= 11 is 1.36. The van der Waals surface area contributed by atoms with Crippen molar-refractivity contribution < 1.29 is 29.6 Å². The van der Waals surface area contributed by atoms with E-state index in [2.05, 4.69) is 24.5 Å². The molecule has 4 aliphatic rings. The molecule has 1 amide bonds. The summed E-state index contributed by atoms with van der Waals surface area (Å²) in [5, 5.41) is 38.3. The lowest BCUT2D eigenvalue weighted by Gasteiger charge is -2.44. The lowest BCUT2D eigenvalue weighted by atomic mass is 9.85. The second-order valence-electron chi connectivity index (χ2n) is 11.0. The van der Waals surface area contributed by atoms with Gasteiger partial charge in [-0.3, -0.25) is 4.79 Å². The number of thioether (sulfide) groups is 1. The fourth-order valence-corrected chi connectivity index (χ4v) is 7.25. The first kappa shape index (κ1) is 27.3. The zero-order chi connectivity index (χ0) is 25.1. The van der Waals surface area contributed by atoms with Crippen molar-refractivity contribution in [3.63, 3.8) is 0 Å². The average Bonchev–Trinajstić information content (AvgIpc) is 3.11. The first-order valence-electron chi connectivity index (χ1n) is 13.1. The molecule has 2 unspecified atom stereocenters. The molecule has 35 heavy (non-hydrogen) atoms. The number of fused-ring (bicyclic) bond motifs is 3. The number of carbonyl (C=O) groups is 1. The predicted molar refractivity (Wildman–Crippen MR) is 135 cm³/mol. The Balaban J connectivity index is 1.46. The monoisotopic (exact) mass is 513 g/mol. The van der Waals surface area contributed by atoms with Gasteiger partial charge in [-0.1, -0.05) is 26.0 Å². The van der Waals surface area contributed by atoms with Crippen LogP contribution in [0.1, 0.15) is 46.0 Å². The number of nitrogens with two attached hydrogens (primary N) is 1. The van der Waals surface area contributed by atoms with Crippen molar-refractivity contribution in [2.45, 2.75) is 99.2 Å². The Kier molecular flexibility index (Phi) is 9.53. The van der Waals surface area contributed by atoms with Crippen molar-refractivity contribution in [3.8, 4) is 0 Å². The van der Waals surface area contributed by atoms with Crippen molar-refractivity contribution in [2.24, 2.45) is 23.5 Å². The summed E-state index contributed by atoms with van der Waals surface area (Å²) in [6.07, 6.45) is 3.39. The molecule has 0 aliphatic carbocycles. The summed E-state index contributed by atoms with van der Waals surface area (Å²) in [5.41, 5.74) is 5.13. The molecule has 10 heteroatoms. The molecule has 7 N–H and O–H groups in total. The highest BCUT2D eigenvalue weighted by molar-refractivity contribution is 8.00. The van der Waals surface area contributed by atoms with E-state index in [1.807, 2.05) is 12.2 Å². The Hall–Kier alpha value is -0.720. The highest BCUT2D eigenvalue weighted by Gasteiger charge is 2.49. The molecule has 0 radical (unpaired) electrons. The van der Waals surface area contributed by atoms with Crippen LogP contribution >= 0.6 is 11.8 Å². The molecule has 0 saturated carbocycles. The van der Waals surface area contributed by atoms with E-state index in [0.717, 1.165) is 19.4 Å². The van der Waals surface area contributed by atoms with Gasteiger partial charge in [0.05, 0.1) is 12.1 Å². The zero-order valence-electron chi connectivity index (χ0n) is 20.8. The average molecular weight is 514 g/mol. The molecule has 4 heterocycles. The predicted octanol–water partition coefficient (Wildman–Crippen LogP) is 0.119. The van der Waals surface area contributed by atoms with Crippen LogP contribution in [0.2, 0.25) is 0 Å². The standard InChI is InChI=1S/C25H43N3O6S/c1-13(2)9-14-7-8-33-22-15(10-14)12-27-18(22)24(32)28-17-6-4-3-5-16(11-26)35-25-21(31)19(29)20(30)23(17)34-25/h3-4,13-23,25,27,29-31H,5-12,26H2,1-2H3,(H,28,32)/b4-3-/t14-,15-,16-,17+,18-,19+,20?,21+,22+,23+,25?/m0/s1. The third-order valence-corrected chi connectivity index (χ3v) is 9.26. The number of rotatable bonds is 5. The summed E-state index contributed by atoms with van der Waals surface area (Å²) in [6.45, 7) is 6.30. The van der Waals surface area contributed by atoms with Gasteiger partial charge in [-0.05, 0) is 49.9 Å². The maximum atomic E-state index is 13.5. The van der Waals surface area contributed by atoms with Crippen molar-refractivity contribution in [1.29, 1.82) is 0 Å². The Morgan fingerprint density at radius 2 is 1.94 bits per heavy atom. The number of hydrogen-bond donors (Lipinski definition) is 6. The zero-order valence-corrected chi connectivity index (χ0v) is 21.6. The molecule has 0 spiro atoms. The van der Waals surface area contributed by atoms with Gasteiger partial charge in [-0.25, -0.2) is 0 Å². The van der Waals surface area contributed by atoms with Crippen molar-refractivity contribution >= 4 is 17.7 Å². The highest BCUT2D eigenvalue weighted by atomic mass is 32.2. The maximum absolute atomic E-state index is 13.5. The van der Waals surface area contributed by atoms with Crippen LogP contribution in [0.3, 0.4) is 0 Å². The van der Waals surface area contributed by atoms with E-state index >= 15 is 0 Å². The minimum atomic E-state index is -1.37. The second kappa shape index (κ2) is 12.2. The van der Waals surface area contributed by atoms with Crippen LogP contribution in [0, 0.1) is 17.8 Å². The summed E-state index contributed by atoms with van der Waals surface area (Å²) in [6, 6.07) is -1.03. The lowest BCUT2D eigenvalue weighted by Crippen LogP contribution is -2.64. The fourth-order valence-electron chi connectivity index (χ4n) is 6.03. The summed E-state index contributed by atoms with van der Waals surface area (Å²) in [5.74, 6) is 1.37. The molecule has 0 aromatic rings. The molecule has 11 atom stereocenters. The molecule has 4 rings (SSSR count). The second-order valence-corrected chi connectivity index (χ2v) is 12.4. The third-order valence-electron chi connectivity index (χ3n) is 7.83. The molecule has 200 valence electrons. The van der Waals surface area contributed by atoms with Gasteiger partial charge in [0.15, 0.2) is 0 Å². The summed E-state index contributed by atoms with van der Waals surface area (Å²) in [7, 11) is 0. The molecule has 9 nitrogen and oxygen atoms in total. The Morgan fingerprint density at radius 1 is 1.17 bits per heavy atom. The summed E-state index contributed by atoms with van der Waals surface area (Å²) < 4.78 is 12.3. The third kappa shape index (κ3) is 6.41. The van der Waals surface area contributed by atoms with Crippen LogP contribution in [0.4, 0.5) is 0 Å². The Bertz CT molecular complexity index is 742. The lowest BCUT2D eigenvalue weighted by molar-refractivity contribution is -0.205. The van der Waals surface area contributed by atoms with E-state index in [1.54, 1.807) is 0 Å². The minimum absolute atomic E-state index is 0.0201. The Labute approximate surface area is 212 Å². The van der Waals surface area contributed by atoms with E-state index in [0.29, 0.717) is 43.7 Å². The van der Waals surface area contributed by atoms with Crippen LogP contribution in [0.15, 0.2) is 12.2 Å². The number of amides is 1. The van der Waals surface area contributed by atoms with E-state index in [1.165, 1.54) is 18.2 Å². The summed E-state index contributed by atoms with van der Waals surface area (Å²) in [4.78, 5) is 13.5. The van der Waals surface area contributed by atoms with Crippen molar-refractivity contribution in [2.75, 3.05) is 19.7 Å². The van der Waals surface area contributed by atoms with E-state index in [-0.39, 0.29) is 17.3 Å². The number of aliphatic hydroxyl groups excluding tert-OH is 3. The van der Waals surface area contributed by atoms with Crippen molar-refractivity contribution in [1.82, 2.24) is 10.6 Å². The highest BCUT2D eigenvalue weighted by Crippen LogP contribution is 2.36. The van der Waals surface area contributed by atoms with Gasteiger partial charge in [-0.15, -0.1) is 11.8 Å². The molecule has 2 bridgehead atoms. The molecule has 3 saturated heterocycles. The SMILES string of the molecule is CC(C)C[C@@H]1CCO[C@@H]2[C@H](CN[C@@H]2C(=O)N[C@@H]2C/C=C\C[C@@H](CN)SC3O[C@H]2C(O)[C@@H](O)[C@H]3O)C1. The van der Waals surface area contributed by atoms with Crippen LogP contribution in [0.5, 0.6) is 0 Å². The van der Waals surface area contributed by atoms with Crippen LogP contribution in [0.25, 0.3) is 0 Å². The number of nitrogens with one attached hydrogen (secondary N) is 2. The largest absolute Gasteiger partial charge is 0.388 e. The number of allylic oxidation sites excluding steroid dienone is 1. The first-order valence-corrected chi connectivity index (χ1v) is 14.1. The molecule has 0 aromatic carbocycles. The topological polar surface area (TPSA) is 146 Å². The van der Waals surface area contributed by atoms with Gasteiger partial charge in [0, 0.05) is 24.9 Å². The maximum Gasteiger partial charge on any atom is 0.240 e.